The molecular weight excluding hydrogens is 303 g/mol. The highest BCUT2D eigenvalue weighted by atomic mass is 19.1. The molecule has 3 rings (SSSR count). The maximum atomic E-state index is 13.6. The van der Waals surface area contributed by atoms with E-state index in [-0.39, 0.29) is 30.2 Å². The molecule has 126 valence electrons. The van der Waals surface area contributed by atoms with Gasteiger partial charge in [-0.05, 0) is 35.6 Å². The SMILES string of the molecule is CC1CCN(C(=O)CC(N)c2ccccc2)C1c1cccc(F)c1. The molecule has 0 bridgehead atoms. The van der Waals surface area contributed by atoms with E-state index in [2.05, 4.69) is 6.92 Å². The normalized spacial score (nSPS) is 21.7. The first-order valence-electron chi connectivity index (χ1n) is 8.41. The zero-order chi connectivity index (χ0) is 17.1. The molecule has 3 nitrogen and oxygen atoms in total. The number of benzene rings is 2. The third kappa shape index (κ3) is 3.49. The third-order valence-corrected chi connectivity index (χ3v) is 4.83. The number of likely N-dealkylation sites (tertiary alicyclic amines) is 1. The van der Waals surface area contributed by atoms with Crippen molar-refractivity contribution >= 4 is 5.91 Å². The molecule has 3 unspecified atom stereocenters. The van der Waals surface area contributed by atoms with Gasteiger partial charge in [-0.15, -0.1) is 0 Å². The van der Waals surface area contributed by atoms with Gasteiger partial charge in [0, 0.05) is 19.0 Å². The molecule has 0 saturated carbocycles. The number of carbonyl (C=O) groups is 1. The second kappa shape index (κ2) is 7.14. The number of nitrogens with zero attached hydrogens (tertiary/aromatic N) is 1. The molecule has 1 aliphatic heterocycles. The Morgan fingerprint density at radius 1 is 1.25 bits per heavy atom. The fraction of sp³-hybridized carbons (Fsp3) is 0.350. The van der Waals surface area contributed by atoms with E-state index in [9.17, 15) is 9.18 Å². The topological polar surface area (TPSA) is 46.3 Å². The molecule has 3 atom stereocenters. The first kappa shape index (κ1) is 16.7. The first-order chi connectivity index (χ1) is 11.6. The van der Waals surface area contributed by atoms with E-state index in [1.807, 2.05) is 41.3 Å². The predicted molar refractivity (Wildman–Crippen MR) is 92.6 cm³/mol. The van der Waals surface area contributed by atoms with Crippen LogP contribution < -0.4 is 5.73 Å². The average molecular weight is 326 g/mol. The van der Waals surface area contributed by atoms with Crippen molar-refractivity contribution in [1.29, 1.82) is 0 Å². The molecule has 0 aromatic heterocycles. The Bertz CT molecular complexity index is 704. The lowest BCUT2D eigenvalue weighted by molar-refractivity contribution is -0.132. The quantitative estimate of drug-likeness (QED) is 0.928. The predicted octanol–water partition coefficient (Wildman–Crippen LogP) is 3.83. The summed E-state index contributed by atoms with van der Waals surface area (Å²) in [6, 6.07) is 15.8. The molecule has 2 aromatic rings. The second-order valence-corrected chi connectivity index (χ2v) is 6.57. The van der Waals surface area contributed by atoms with Crippen LogP contribution in [-0.2, 0) is 4.79 Å². The molecule has 2 aromatic carbocycles. The summed E-state index contributed by atoms with van der Waals surface area (Å²) in [6.45, 7) is 2.81. The lowest BCUT2D eigenvalue weighted by Crippen LogP contribution is -2.34. The smallest absolute Gasteiger partial charge is 0.225 e. The summed E-state index contributed by atoms with van der Waals surface area (Å²) in [5, 5.41) is 0. The number of carbonyl (C=O) groups excluding carboxylic acids is 1. The third-order valence-electron chi connectivity index (χ3n) is 4.83. The van der Waals surface area contributed by atoms with Gasteiger partial charge in [0.1, 0.15) is 5.82 Å². The van der Waals surface area contributed by atoms with Gasteiger partial charge >= 0.3 is 0 Å². The summed E-state index contributed by atoms with van der Waals surface area (Å²) in [5.41, 5.74) is 8.02. The number of hydrogen-bond acceptors (Lipinski definition) is 2. The van der Waals surface area contributed by atoms with Crippen molar-refractivity contribution in [1.82, 2.24) is 4.90 Å². The van der Waals surface area contributed by atoms with E-state index in [4.69, 9.17) is 5.73 Å². The van der Waals surface area contributed by atoms with E-state index in [1.165, 1.54) is 12.1 Å². The lowest BCUT2D eigenvalue weighted by Gasteiger charge is -2.28. The minimum atomic E-state index is -0.317. The minimum Gasteiger partial charge on any atom is -0.335 e. The number of halogens is 1. The van der Waals surface area contributed by atoms with Gasteiger partial charge in [0.2, 0.25) is 5.91 Å². The Hall–Kier alpha value is -2.20. The summed E-state index contributed by atoms with van der Waals surface area (Å²) < 4.78 is 13.6. The lowest BCUT2D eigenvalue weighted by atomic mass is 9.95. The minimum absolute atomic E-state index is 0.0324. The monoisotopic (exact) mass is 326 g/mol. The Labute approximate surface area is 142 Å². The van der Waals surface area contributed by atoms with E-state index >= 15 is 0 Å². The van der Waals surface area contributed by atoms with E-state index in [0.29, 0.717) is 12.5 Å². The number of rotatable bonds is 4. The van der Waals surface area contributed by atoms with Crippen molar-refractivity contribution in [2.24, 2.45) is 11.7 Å². The van der Waals surface area contributed by atoms with Crippen LogP contribution >= 0.6 is 0 Å². The van der Waals surface area contributed by atoms with Gasteiger partial charge in [0.05, 0.1) is 6.04 Å². The van der Waals surface area contributed by atoms with Gasteiger partial charge in [0.25, 0.3) is 0 Å². The maximum absolute atomic E-state index is 13.6. The molecule has 24 heavy (non-hydrogen) atoms. The highest BCUT2D eigenvalue weighted by Crippen LogP contribution is 2.38. The summed E-state index contributed by atoms with van der Waals surface area (Å²) >= 11 is 0. The van der Waals surface area contributed by atoms with Gasteiger partial charge in [-0.2, -0.15) is 0 Å². The van der Waals surface area contributed by atoms with Crippen LogP contribution in [0, 0.1) is 11.7 Å². The molecular formula is C20H23FN2O. The molecule has 4 heteroatoms. The van der Waals surface area contributed by atoms with Crippen LogP contribution in [0.1, 0.15) is 43.0 Å². The van der Waals surface area contributed by atoms with E-state index in [1.54, 1.807) is 6.07 Å². The fourth-order valence-electron chi connectivity index (χ4n) is 3.55. The van der Waals surface area contributed by atoms with Gasteiger partial charge < -0.3 is 10.6 Å². The molecule has 1 saturated heterocycles. The Morgan fingerprint density at radius 2 is 2.00 bits per heavy atom. The molecule has 0 radical (unpaired) electrons. The summed E-state index contributed by atoms with van der Waals surface area (Å²) in [7, 11) is 0. The molecule has 1 fully saturated rings. The van der Waals surface area contributed by atoms with Gasteiger partial charge in [-0.1, -0.05) is 49.4 Å². The highest BCUT2D eigenvalue weighted by Gasteiger charge is 2.36. The second-order valence-electron chi connectivity index (χ2n) is 6.57. The van der Waals surface area contributed by atoms with Crippen molar-refractivity contribution in [2.75, 3.05) is 6.54 Å². The van der Waals surface area contributed by atoms with Crippen molar-refractivity contribution in [3.63, 3.8) is 0 Å². The number of hydrogen-bond donors (Lipinski definition) is 1. The van der Waals surface area contributed by atoms with Gasteiger partial charge in [0.15, 0.2) is 0 Å². The molecule has 0 aliphatic carbocycles. The summed E-state index contributed by atoms with van der Waals surface area (Å²) in [6.07, 6.45) is 1.19. The van der Waals surface area contributed by atoms with Crippen molar-refractivity contribution in [2.45, 2.75) is 31.8 Å². The highest BCUT2D eigenvalue weighted by molar-refractivity contribution is 5.78. The molecule has 0 spiro atoms. The zero-order valence-corrected chi connectivity index (χ0v) is 13.9. The van der Waals surface area contributed by atoms with Crippen LogP contribution in [0.4, 0.5) is 4.39 Å². The number of nitrogens with two attached hydrogens (primary N) is 1. The van der Waals surface area contributed by atoms with E-state index in [0.717, 1.165) is 17.5 Å². The van der Waals surface area contributed by atoms with Crippen LogP contribution in [0.15, 0.2) is 54.6 Å². The van der Waals surface area contributed by atoms with Gasteiger partial charge in [-0.3, -0.25) is 4.79 Å². The van der Waals surface area contributed by atoms with Crippen molar-refractivity contribution < 1.29 is 9.18 Å². The average Bonchev–Trinajstić information content (AvgIpc) is 2.97. The summed E-state index contributed by atoms with van der Waals surface area (Å²) in [5.74, 6) is 0.0775. The first-order valence-corrected chi connectivity index (χ1v) is 8.41. The maximum Gasteiger partial charge on any atom is 0.225 e. The largest absolute Gasteiger partial charge is 0.335 e. The van der Waals surface area contributed by atoms with Crippen LogP contribution in [-0.4, -0.2) is 17.4 Å². The summed E-state index contributed by atoms with van der Waals surface area (Å²) in [4.78, 5) is 14.7. The molecule has 1 aliphatic rings. The van der Waals surface area contributed by atoms with Crippen LogP contribution in [0.3, 0.4) is 0 Å². The van der Waals surface area contributed by atoms with Crippen LogP contribution in [0.25, 0.3) is 0 Å². The van der Waals surface area contributed by atoms with Crippen LogP contribution in [0.5, 0.6) is 0 Å². The molecule has 1 amide bonds. The Morgan fingerprint density at radius 3 is 2.71 bits per heavy atom. The van der Waals surface area contributed by atoms with Crippen LogP contribution in [0.2, 0.25) is 0 Å². The fourth-order valence-corrected chi connectivity index (χ4v) is 3.55. The molecule has 1 heterocycles. The van der Waals surface area contributed by atoms with E-state index < -0.39 is 0 Å². The van der Waals surface area contributed by atoms with Crippen molar-refractivity contribution in [3.05, 3.63) is 71.5 Å². The molecule has 2 N–H and O–H groups in total. The Balaban J connectivity index is 1.76. The van der Waals surface area contributed by atoms with Crippen molar-refractivity contribution in [3.8, 4) is 0 Å². The zero-order valence-electron chi connectivity index (χ0n) is 13.9. The standard InChI is InChI=1S/C20H23FN2O/c1-14-10-11-23(20(14)16-8-5-9-17(21)12-16)19(24)13-18(22)15-6-3-2-4-7-15/h2-9,12,14,18,20H,10-11,13,22H2,1H3. The van der Waals surface area contributed by atoms with Gasteiger partial charge in [-0.25, -0.2) is 4.39 Å². The number of amides is 1. The Kier molecular flexibility index (Phi) is 4.95.